The summed E-state index contributed by atoms with van der Waals surface area (Å²) < 4.78 is 0. The Morgan fingerprint density at radius 3 is 2.52 bits per heavy atom. The maximum Gasteiger partial charge on any atom is 0.138 e. The molecule has 0 aromatic rings. The van der Waals surface area contributed by atoms with Gasteiger partial charge in [-0.1, -0.05) is 20.8 Å². The minimum Gasteiger partial charge on any atom is -0.393 e. The molecule has 0 radical (unpaired) electrons. The number of fused-ring (bicyclic) bond motifs is 3. The van der Waals surface area contributed by atoms with E-state index in [9.17, 15) is 15.0 Å². The van der Waals surface area contributed by atoms with E-state index < -0.39 is 5.60 Å². The van der Waals surface area contributed by atoms with Gasteiger partial charge in [0.05, 0.1) is 12.2 Å². The summed E-state index contributed by atoms with van der Waals surface area (Å²) in [6.07, 6.45) is 8.07. The highest BCUT2D eigenvalue weighted by Gasteiger charge is 2.67. The first-order chi connectivity index (χ1) is 10.7. The quantitative estimate of drug-likeness (QED) is 0.779. The average molecular weight is 320 g/mol. The van der Waals surface area contributed by atoms with Crippen molar-refractivity contribution in [2.45, 2.75) is 77.7 Å². The summed E-state index contributed by atoms with van der Waals surface area (Å²) in [4.78, 5) is 12.5. The zero-order valence-electron chi connectivity index (χ0n) is 14.9. The Hall–Kier alpha value is -0.410. The normalized spacial score (nSPS) is 54.5. The van der Waals surface area contributed by atoms with Gasteiger partial charge in [-0.15, -0.1) is 0 Å². The van der Waals surface area contributed by atoms with Crippen molar-refractivity contribution in [2.75, 3.05) is 6.61 Å². The fraction of sp³-hybridized carbons (Fsp3) is 0.950. The van der Waals surface area contributed by atoms with Gasteiger partial charge in [-0.25, -0.2) is 0 Å². The van der Waals surface area contributed by atoms with E-state index in [1.807, 2.05) is 0 Å². The Morgan fingerprint density at radius 1 is 1.09 bits per heavy atom. The number of carbonyl (C=O) groups excluding carboxylic acids is 1. The Bertz CT molecular complexity index is 541. The second-order valence-corrected chi connectivity index (χ2v) is 10.1. The van der Waals surface area contributed by atoms with Crippen molar-refractivity contribution >= 4 is 5.78 Å². The van der Waals surface area contributed by atoms with Crippen LogP contribution in [0.3, 0.4) is 0 Å². The number of rotatable bonds is 1. The first-order valence-corrected chi connectivity index (χ1v) is 9.55. The second-order valence-electron chi connectivity index (χ2n) is 10.1. The lowest BCUT2D eigenvalue weighted by Gasteiger charge is -2.63. The Kier molecular flexibility index (Phi) is 3.22. The topological polar surface area (TPSA) is 57.5 Å². The van der Waals surface area contributed by atoms with Crippen molar-refractivity contribution in [1.82, 2.24) is 0 Å². The summed E-state index contributed by atoms with van der Waals surface area (Å²) in [5, 5.41) is 20.7. The molecule has 0 aromatic carbocycles. The second kappa shape index (κ2) is 4.60. The van der Waals surface area contributed by atoms with Crippen LogP contribution in [0, 0.1) is 34.0 Å². The molecular formula is C20H32O3. The van der Waals surface area contributed by atoms with E-state index >= 15 is 0 Å². The zero-order valence-corrected chi connectivity index (χ0v) is 14.9. The standard InChI is InChI=1S/C20H32O3/c1-17(2)14-6-9-19-10-13(20(23,11-19)12-21)4-5-15(19)18(14,3)8-7-16(17)22/h13-15,21,23H,4-12H2,1-3H3/t13-,14-,15-,18-,19+,20+/m1/s1. The smallest absolute Gasteiger partial charge is 0.138 e. The van der Waals surface area contributed by atoms with Crippen molar-refractivity contribution in [2.24, 2.45) is 34.0 Å². The maximum absolute atomic E-state index is 12.5. The van der Waals surface area contributed by atoms with E-state index in [1.165, 1.54) is 6.42 Å². The van der Waals surface area contributed by atoms with Crippen molar-refractivity contribution in [3.05, 3.63) is 0 Å². The fourth-order valence-electron chi connectivity index (χ4n) is 7.83. The van der Waals surface area contributed by atoms with Crippen LogP contribution in [0.25, 0.3) is 0 Å². The summed E-state index contributed by atoms with van der Waals surface area (Å²) in [5.74, 6) is 1.81. The van der Waals surface area contributed by atoms with Crippen LogP contribution in [0.5, 0.6) is 0 Å². The molecule has 0 unspecified atom stereocenters. The molecule has 0 aromatic heterocycles. The lowest BCUT2D eigenvalue weighted by molar-refractivity contribution is -0.165. The van der Waals surface area contributed by atoms with Crippen LogP contribution in [-0.4, -0.2) is 28.2 Å². The van der Waals surface area contributed by atoms with Crippen molar-refractivity contribution in [1.29, 1.82) is 0 Å². The maximum atomic E-state index is 12.5. The third-order valence-corrected chi connectivity index (χ3v) is 8.89. The third kappa shape index (κ3) is 1.87. The molecule has 4 saturated carbocycles. The molecule has 0 aliphatic heterocycles. The molecule has 0 saturated heterocycles. The Labute approximate surface area is 139 Å². The van der Waals surface area contributed by atoms with Gasteiger partial charge in [0.15, 0.2) is 0 Å². The number of hydrogen-bond acceptors (Lipinski definition) is 3. The SMILES string of the molecule is CC1(C)C(=O)CC[C@]2(C)[C@@H]1CC[C@@]13C[C@@H](CC[C@@H]12)[C@@](O)(CO)C3. The van der Waals surface area contributed by atoms with Crippen LogP contribution in [0.15, 0.2) is 0 Å². The van der Waals surface area contributed by atoms with Gasteiger partial charge in [-0.05, 0) is 73.5 Å². The van der Waals surface area contributed by atoms with Crippen molar-refractivity contribution < 1.29 is 15.0 Å². The predicted octanol–water partition coefficient (Wildman–Crippen LogP) is 3.32. The minimum atomic E-state index is -0.849. The number of carbonyl (C=O) groups is 1. The van der Waals surface area contributed by atoms with Gasteiger partial charge in [0.25, 0.3) is 0 Å². The van der Waals surface area contributed by atoms with Crippen LogP contribution in [0.1, 0.15) is 72.1 Å². The number of hydrogen-bond donors (Lipinski definition) is 2. The van der Waals surface area contributed by atoms with Crippen LogP contribution in [0.2, 0.25) is 0 Å². The van der Waals surface area contributed by atoms with Crippen molar-refractivity contribution in [3.8, 4) is 0 Å². The van der Waals surface area contributed by atoms with Crippen LogP contribution >= 0.6 is 0 Å². The molecule has 0 amide bonds. The molecule has 0 heterocycles. The predicted molar refractivity (Wildman–Crippen MR) is 88.8 cm³/mol. The Morgan fingerprint density at radius 2 is 1.83 bits per heavy atom. The largest absolute Gasteiger partial charge is 0.393 e. The molecule has 3 heteroatoms. The monoisotopic (exact) mass is 320 g/mol. The van der Waals surface area contributed by atoms with Gasteiger partial charge in [-0.3, -0.25) is 4.79 Å². The molecule has 2 bridgehead atoms. The molecular weight excluding hydrogens is 288 g/mol. The first-order valence-electron chi connectivity index (χ1n) is 9.55. The molecule has 2 N–H and O–H groups in total. The Balaban J connectivity index is 1.73. The van der Waals surface area contributed by atoms with Gasteiger partial charge >= 0.3 is 0 Å². The third-order valence-electron chi connectivity index (χ3n) is 8.89. The highest BCUT2D eigenvalue weighted by atomic mass is 16.3. The molecule has 4 aliphatic rings. The van der Waals surface area contributed by atoms with Gasteiger partial charge in [0.2, 0.25) is 0 Å². The summed E-state index contributed by atoms with van der Waals surface area (Å²) in [6, 6.07) is 0. The molecule has 130 valence electrons. The molecule has 4 rings (SSSR count). The average Bonchev–Trinajstić information content (AvgIpc) is 2.70. The number of aliphatic hydroxyl groups excluding tert-OH is 1. The van der Waals surface area contributed by atoms with Gasteiger partial charge in [-0.2, -0.15) is 0 Å². The lowest BCUT2D eigenvalue weighted by atomic mass is 9.41. The molecule has 23 heavy (non-hydrogen) atoms. The number of Topliss-reactive ketones (excluding diaryl/α,β-unsaturated/α-hetero) is 1. The fourth-order valence-corrected chi connectivity index (χ4v) is 7.83. The van der Waals surface area contributed by atoms with Gasteiger partial charge in [0.1, 0.15) is 5.78 Å². The molecule has 6 atom stereocenters. The first kappa shape index (κ1) is 16.1. The zero-order chi connectivity index (χ0) is 16.7. The van der Waals surface area contributed by atoms with E-state index in [2.05, 4.69) is 20.8 Å². The van der Waals surface area contributed by atoms with Crippen LogP contribution < -0.4 is 0 Å². The van der Waals surface area contributed by atoms with Crippen molar-refractivity contribution in [3.63, 3.8) is 0 Å². The molecule has 4 fully saturated rings. The summed E-state index contributed by atoms with van der Waals surface area (Å²) in [6.45, 7) is 6.68. The molecule has 3 nitrogen and oxygen atoms in total. The van der Waals surface area contributed by atoms with E-state index in [4.69, 9.17) is 0 Å². The van der Waals surface area contributed by atoms with Gasteiger partial charge in [0, 0.05) is 11.8 Å². The van der Waals surface area contributed by atoms with E-state index in [0.717, 1.165) is 44.9 Å². The van der Waals surface area contributed by atoms with E-state index in [1.54, 1.807) is 0 Å². The van der Waals surface area contributed by atoms with Crippen LogP contribution in [-0.2, 0) is 4.79 Å². The minimum absolute atomic E-state index is 0.0870. The molecule has 4 aliphatic carbocycles. The van der Waals surface area contributed by atoms with Gasteiger partial charge < -0.3 is 10.2 Å². The number of ketones is 1. The summed E-state index contributed by atoms with van der Waals surface area (Å²) in [5.41, 5.74) is -0.612. The number of aliphatic hydroxyl groups is 2. The summed E-state index contributed by atoms with van der Waals surface area (Å²) >= 11 is 0. The summed E-state index contributed by atoms with van der Waals surface area (Å²) in [7, 11) is 0. The van der Waals surface area contributed by atoms with E-state index in [-0.39, 0.29) is 28.8 Å². The highest BCUT2D eigenvalue weighted by molar-refractivity contribution is 5.85. The van der Waals surface area contributed by atoms with E-state index in [0.29, 0.717) is 17.6 Å². The lowest BCUT2D eigenvalue weighted by Crippen LogP contribution is -2.58. The molecule has 1 spiro atoms. The van der Waals surface area contributed by atoms with Crippen LogP contribution in [0.4, 0.5) is 0 Å². The highest BCUT2D eigenvalue weighted by Crippen LogP contribution is 2.72.